The number of Topliss-reactive ketones (excluding diaryl/α,β-unsaturated/α-hetero) is 1. The summed E-state index contributed by atoms with van der Waals surface area (Å²) in [7, 11) is 0. The quantitative estimate of drug-likeness (QED) is 0.778. The van der Waals surface area contributed by atoms with Crippen molar-refractivity contribution in [2.45, 2.75) is 19.8 Å². The molecule has 14 heavy (non-hydrogen) atoms. The van der Waals surface area contributed by atoms with E-state index in [9.17, 15) is 9.90 Å². The molecule has 0 aromatic heterocycles. The Morgan fingerprint density at radius 3 is 2.71 bits per heavy atom. The van der Waals surface area contributed by atoms with Crippen LogP contribution in [-0.4, -0.2) is 16.8 Å². The second-order valence-electron chi connectivity index (χ2n) is 3.16. The maximum absolute atomic E-state index is 11.1. The maximum atomic E-state index is 11.1. The fourth-order valence-electron chi connectivity index (χ4n) is 1.37. The van der Waals surface area contributed by atoms with Crippen LogP contribution in [0.3, 0.4) is 0 Å². The van der Waals surface area contributed by atoms with Crippen molar-refractivity contribution in [1.82, 2.24) is 0 Å². The van der Waals surface area contributed by atoms with Crippen LogP contribution in [0, 0.1) is 0 Å². The number of hydrogen-bond donors (Lipinski definition) is 1. The highest BCUT2D eigenvalue weighted by Gasteiger charge is 2.06. The van der Waals surface area contributed by atoms with Gasteiger partial charge in [0.2, 0.25) is 0 Å². The molecule has 0 amide bonds. The third-order valence-electron chi connectivity index (χ3n) is 2.11. The van der Waals surface area contributed by atoms with Gasteiger partial charge in [0.15, 0.2) is 5.78 Å². The van der Waals surface area contributed by atoms with Gasteiger partial charge in [0.25, 0.3) is 0 Å². The number of aryl methyl sites for hydroxylation is 1. The van der Waals surface area contributed by atoms with Crippen molar-refractivity contribution >= 4 is 17.4 Å². The number of hydrogen-bond acceptors (Lipinski definition) is 2. The van der Waals surface area contributed by atoms with Crippen LogP contribution in [0.4, 0.5) is 0 Å². The number of aromatic hydroxyl groups is 1. The lowest BCUT2D eigenvalue weighted by Crippen LogP contribution is -2.05. The number of ketones is 1. The zero-order valence-electron chi connectivity index (χ0n) is 8.09. The number of benzene rings is 1. The van der Waals surface area contributed by atoms with E-state index >= 15 is 0 Å². The molecule has 0 spiro atoms. The highest BCUT2D eigenvalue weighted by atomic mass is 35.5. The molecular weight excluding hydrogens is 200 g/mol. The van der Waals surface area contributed by atoms with E-state index in [0.717, 1.165) is 17.5 Å². The molecule has 1 aromatic rings. The first-order valence-corrected chi connectivity index (χ1v) is 5.09. The van der Waals surface area contributed by atoms with Crippen molar-refractivity contribution in [3.63, 3.8) is 0 Å². The van der Waals surface area contributed by atoms with Crippen LogP contribution in [0.25, 0.3) is 0 Å². The normalized spacial score (nSPS) is 10.1. The molecule has 1 N–H and O–H groups in total. The van der Waals surface area contributed by atoms with Crippen LogP contribution in [0.15, 0.2) is 18.2 Å². The number of alkyl halides is 1. The number of rotatable bonds is 4. The number of carbonyl (C=O) groups is 1. The van der Waals surface area contributed by atoms with Gasteiger partial charge in [-0.3, -0.25) is 4.79 Å². The predicted octanol–water partition coefficient (Wildman–Crippen LogP) is 2.30. The first kappa shape index (κ1) is 11.1. The summed E-state index contributed by atoms with van der Waals surface area (Å²) >= 11 is 5.43. The van der Waals surface area contributed by atoms with Crippen LogP contribution in [0.2, 0.25) is 0 Å². The van der Waals surface area contributed by atoms with Crippen molar-refractivity contribution in [2.24, 2.45) is 0 Å². The minimum atomic E-state index is 0.00653. The summed E-state index contributed by atoms with van der Waals surface area (Å²) in [6.45, 7) is 1.99. The molecule has 0 bridgehead atoms. The second-order valence-corrected chi connectivity index (χ2v) is 3.42. The minimum absolute atomic E-state index is 0.00653. The summed E-state index contributed by atoms with van der Waals surface area (Å²) in [6.07, 6.45) is 1.16. The molecule has 0 saturated heterocycles. The molecule has 3 heteroatoms. The highest BCUT2D eigenvalue weighted by Crippen LogP contribution is 2.18. The van der Waals surface area contributed by atoms with Crippen LogP contribution in [0.5, 0.6) is 5.75 Å². The van der Waals surface area contributed by atoms with Crippen molar-refractivity contribution < 1.29 is 9.90 Å². The zero-order chi connectivity index (χ0) is 10.6. The Hall–Kier alpha value is -1.02. The van der Waals surface area contributed by atoms with E-state index in [-0.39, 0.29) is 17.4 Å². The van der Waals surface area contributed by atoms with E-state index in [4.69, 9.17) is 11.6 Å². The molecule has 0 saturated carbocycles. The molecule has 0 aliphatic heterocycles. The van der Waals surface area contributed by atoms with Gasteiger partial charge >= 0.3 is 0 Å². The average Bonchev–Trinajstić information content (AvgIpc) is 2.20. The lowest BCUT2D eigenvalue weighted by Gasteiger charge is -2.06. The van der Waals surface area contributed by atoms with E-state index in [2.05, 4.69) is 0 Å². The molecule has 76 valence electrons. The van der Waals surface area contributed by atoms with Gasteiger partial charge in [0.1, 0.15) is 5.75 Å². The molecule has 0 atom stereocenters. The maximum Gasteiger partial charge on any atom is 0.151 e. The number of phenols is 1. The molecule has 0 aliphatic rings. The fraction of sp³-hybridized carbons (Fsp3) is 0.364. The first-order chi connectivity index (χ1) is 6.67. The smallest absolute Gasteiger partial charge is 0.151 e. The second kappa shape index (κ2) is 5.01. The Morgan fingerprint density at radius 2 is 2.14 bits per heavy atom. The summed E-state index contributed by atoms with van der Waals surface area (Å²) in [6, 6.07) is 5.06. The van der Waals surface area contributed by atoms with E-state index in [1.807, 2.05) is 6.92 Å². The third kappa shape index (κ3) is 2.74. The molecule has 1 rings (SSSR count). The van der Waals surface area contributed by atoms with Crippen molar-refractivity contribution in [2.75, 3.05) is 5.88 Å². The summed E-state index contributed by atoms with van der Waals surface area (Å²) in [5, 5.41) is 9.25. The highest BCUT2D eigenvalue weighted by molar-refractivity contribution is 6.27. The lowest BCUT2D eigenvalue weighted by atomic mass is 10.0. The van der Waals surface area contributed by atoms with Crippen LogP contribution in [0.1, 0.15) is 18.1 Å². The van der Waals surface area contributed by atoms with Crippen molar-refractivity contribution in [3.05, 3.63) is 29.3 Å². The van der Waals surface area contributed by atoms with Gasteiger partial charge in [-0.1, -0.05) is 13.0 Å². The minimum Gasteiger partial charge on any atom is -0.508 e. The van der Waals surface area contributed by atoms with Gasteiger partial charge < -0.3 is 5.11 Å². The largest absolute Gasteiger partial charge is 0.508 e. The number of phenolic OH excluding ortho intramolecular Hbond substituents is 1. The predicted molar refractivity (Wildman–Crippen MR) is 56.9 cm³/mol. The number of carbonyl (C=O) groups excluding carboxylic acids is 1. The SMILES string of the molecule is CCc1cc(O)ccc1CC(=O)CCl. The Bertz CT molecular complexity index is 334. The van der Waals surface area contributed by atoms with Crippen molar-refractivity contribution in [1.29, 1.82) is 0 Å². The Kier molecular flexibility index (Phi) is 3.96. The van der Waals surface area contributed by atoms with E-state index in [1.165, 1.54) is 0 Å². The van der Waals surface area contributed by atoms with Gasteiger partial charge in [0.05, 0.1) is 5.88 Å². The molecule has 0 heterocycles. The van der Waals surface area contributed by atoms with Crippen LogP contribution in [-0.2, 0) is 17.6 Å². The standard InChI is InChI=1S/C11H13ClO2/c1-2-8-5-10(13)4-3-9(8)6-11(14)7-12/h3-5,13H,2,6-7H2,1H3. The Balaban J connectivity index is 2.90. The molecule has 0 fully saturated rings. The molecule has 0 unspecified atom stereocenters. The molecular formula is C11H13ClO2. The molecule has 1 aromatic carbocycles. The third-order valence-corrected chi connectivity index (χ3v) is 2.41. The lowest BCUT2D eigenvalue weighted by molar-refractivity contribution is -0.116. The molecule has 0 radical (unpaired) electrons. The van der Waals surface area contributed by atoms with E-state index in [0.29, 0.717) is 6.42 Å². The van der Waals surface area contributed by atoms with Gasteiger partial charge in [0, 0.05) is 6.42 Å². The van der Waals surface area contributed by atoms with Gasteiger partial charge in [-0.15, -0.1) is 11.6 Å². The van der Waals surface area contributed by atoms with Crippen LogP contribution < -0.4 is 0 Å². The monoisotopic (exact) mass is 212 g/mol. The fourth-order valence-corrected chi connectivity index (χ4v) is 1.47. The average molecular weight is 213 g/mol. The first-order valence-electron chi connectivity index (χ1n) is 4.55. The summed E-state index contributed by atoms with van der Waals surface area (Å²) in [5.41, 5.74) is 1.96. The zero-order valence-corrected chi connectivity index (χ0v) is 8.84. The van der Waals surface area contributed by atoms with Gasteiger partial charge in [-0.2, -0.15) is 0 Å². The van der Waals surface area contributed by atoms with E-state index < -0.39 is 0 Å². The summed E-state index contributed by atoms with van der Waals surface area (Å²) < 4.78 is 0. The Morgan fingerprint density at radius 1 is 1.43 bits per heavy atom. The summed E-state index contributed by atoms with van der Waals surface area (Å²) in [4.78, 5) is 11.1. The van der Waals surface area contributed by atoms with Crippen LogP contribution >= 0.6 is 11.6 Å². The Labute approximate surface area is 88.5 Å². The van der Waals surface area contributed by atoms with Gasteiger partial charge in [-0.25, -0.2) is 0 Å². The molecule has 2 nitrogen and oxygen atoms in total. The molecule has 0 aliphatic carbocycles. The van der Waals surface area contributed by atoms with Gasteiger partial charge in [-0.05, 0) is 29.7 Å². The number of halogens is 1. The summed E-state index contributed by atoms with van der Waals surface area (Å²) in [5.74, 6) is 0.292. The van der Waals surface area contributed by atoms with Crippen molar-refractivity contribution in [3.8, 4) is 5.75 Å². The topological polar surface area (TPSA) is 37.3 Å². The van der Waals surface area contributed by atoms with E-state index in [1.54, 1.807) is 18.2 Å².